The van der Waals surface area contributed by atoms with Gasteiger partial charge in [-0.2, -0.15) is 0 Å². The molecule has 0 rings (SSSR count). The zero-order valence-corrected chi connectivity index (χ0v) is 7.78. The quantitative estimate of drug-likeness (QED) is 0.202. The summed E-state index contributed by atoms with van der Waals surface area (Å²) in [4.78, 5) is 0. The van der Waals surface area contributed by atoms with Crippen LogP contribution in [0.2, 0.25) is 0 Å². The minimum Gasteiger partial charge on any atom is -0.356 e. The van der Waals surface area contributed by atoms with Gasteiger partial charge in [-0.25, -0.2) is 18.1 Å². The molecule has 0 aromatic carbocycles. The van der Waals surface area contributed by atoms with Gasteiger partial charge in [0.25, 0.3) is 0 Å². The van der Waals surface area contributed by atoms with E-state index < -0.39 is 27.1 Å². The lowest BCUT2D eigenvalue weighted by Gasteiger charge is -2.20. The minimum absolute atomic E-state index is 2.02. The average Bonchev–Trinajstić information content (AvgIpc) is 1.76. The zero-order valence-electron chi connectivity index (χ0n) is 6.89. The first-order valence-corrected chi connectivity index (χ1v) is 4.67. The van der Waals surface area contributed by atoms with Crippen LogP contribution in [0.1, 0.15) is 0 Å². The monoisotopic (exact) mass is 233 g/mol. The van der Waals surface area contributed by atoms with Gasteiger partial charge in [-0.1, -0.05) is 0 Å². The van der Waals surface area contributed by atoms with Gasteiger partial charge in [-0.05, 0) is 0 Å². The summed E-state index contributed by atoms with van der Waals surface area (Å²) >= 11 is 0. The highest BCUT2D eigenvalue weighted by Crippen LogP contribution is 2.50. The van der Waals surface area contributed by atoms with Gasteiger partial charge in [-0.3, -0.25) is 17.2 Å². The SMILES string of the molecule is NC(O)OP(=O)(OC(N)O)OC(N)O. The van der Waals surface area contributed by atoms with E-state index in [4.69, 9.17) is 15.3 Å². The maximum atomic E-state index is 11.3. The summed E-state index contributed by atoms with van der Waals surface area (Å²) in [5.74, 6) is 0. The Labute approximate surface area is 78.8 Å². The largest absolute Gasteiger partial charge is 0.484 e. The predicted octanol–water partition coefficient (Wildman–Crippen LogP) is -3.15. The lowest BCUT2D eigenvalue weighted by Crippen LogP contribution is -2.30. The summed E-state index contributed by atoms with van der Waals surface area (Å²) in [7, 11) is -4.51. The summed E-state index contributed by atoms with van der Waals surface area (Å²) in [5.41, 5.74) is 14.1. The van der Waals surface area contributed by atoms with Crippen LogP contribution < -0.4 is 17.2 Å². The standard InChI is InChI=1S/C3H12N3O7P/c4-1(7)11-14(10,12-2(5)8)13-3(6)9/h1-3,7-9H,4-6H2. The molecule has 0 radical (unpaired) electrons. The predicted molar refractivity (Wildman–Crippen MR) is 41.4 cm³/mol. The number of phosphoric acid groups is 1. The molecule has 0 aliphatic heterocycles. The van der Waals surface area contributed by atoms with Gasteiger partial charge < -0.3 is 15.3 Å². The Morgan fingerprint density at radius 3 is 1.21 bits per heavy atom. The van der Waals surface area contributed by atoms with Crippen molar-refractivity contribution in [2.45, 2.75) is 19.2 Å². The fourth-order valence-electron chi connectivity index (χ4n) is 0.471. The van der Waals surface area contributed by atoms with Gasteiger partial charge in [0.2, 0.25) is 19.2 Å². The van der Waals surface area contributed by atoms with E-state index in [0.717, 1.165) is 0 Å². The second-order valence-corrected chi connectivity index (χ2v) is 3.46. The molecule has 0 saturated heterocycles. The Kier molecular flexibility index (Phi) is 5.63. The highest BCUT2D eigenvalue weighted by Gasteiger charge is 2.33. The van der Waals surface area contributed by atoms with E-state index in [0.29, 0.717) is 0 Å². The van der Waals surface area contributed by atoms with Crippen LogP contribution in [-0.2, 0) is 18.1 Å². The molecule has 86 valence electrons. The first-order valence-electron chi connectivity index (χ1n) is 3.21. The smallest absolute Gasteiger partial charge is 0.356 e. The van der Waals surface area contributed by atoms with E-state index in [-0.39, 0.29) is 0 Å². The molecular formula is C3H12N3O7P. The molecule has 0 bridgehead atoms. The van der Waals surface area contributed by atoms with Crippen LogP contribution in [-0.4, -0.2) is 34.6 Å². The number of nitrogens with two attached hydrogens (primary N) is 3. The number of hydrogen-bond donors (Lipinski definition) is 6. The molecule has 0 aromatic rings. The van der Waals surface area contributed by atoms with E-state index >= 15 is 0 Å². The van der Waals surface area contributed by atoms with Crippen molar-refractivity contribution < 1.29 is 33.5 Å². The van der Waals surface area contributed by atoms with Crippen molar-refractivity contribution in [1.29, 1.82) is 0 Å². The van der Waals surface area contributed by atoms with Crippen molar-refractivity contribution in [3.05, 3.63) is 0 Å². The fraction of sp³-hybridized carbons (Fsp3) is 1.00. The summed E-state index contributed by atoms with van der Waals surface area (Å²) in [5, 5.41) is 25.5. The van der Waals surface area contributed by atoms with Crippen LogP contribution in [0.3, 0.4) is 0 Å². The first-order chi connectivity index (χ1) is 6.25. The lowest BCUT2D eigenvalue weighted by molar-refractivity contribution is -0.113. The third-order valence-electron chi connectivity index (χ3n) is 0.711. The van der Waals surface area contributed by atoms with E-state index in [1.807, 2.05) is 0 Å². The fourth-order valence-corrected chi connectivity index (χ4v) is 1.41. The summed E-state index contributed by atoms with van der Waals surface area (Å²) in [6.45, 7) is 0. The van der Waals surface area contributed by atoms with Gasteiger partial charge in [0.15, 0.2) is 0 Å². The van der Waals surface area contributed by atoms with Crippen LogP contribution in [0.25, 0.3) is 0 Å². The third kappa shape index (κ3) is 6.34. The van der Waals surface area contributed by atoms with Crippen molar-refractivity contribution in [2.24, 2.45) is 17.2 Å². The van der Waals surface area contributed by atoms with Crippen molar-refractivity contribution in [1.82, 2.24) is 0 Å². The maximum absolute atomic E-state index is 11.3. The number of phosphoric ester groups is 1. The molecule has 3 unspecified atom stereocenters. The van der Waals surface area contributed by atoms with Gasteiger partial charge in [0.1, 0.15) is 0 Å². The molecule has 14 heavy (non-hydrogen) atoms. The van der Waals surface area contributed by atoms with Crippen LogP contribution in [0.15, 0.2) is 0 Å². The number of rotatable bonds is 6. The highest BCUT2D eigenvalue weighted by atomic mass is 31.2. The van der Waals surface area contributed by atoms with Crippen molar-refractivity contribution >= 4 is 7.82 Å². The summed E-state index contributed by atoms with van der Waals surface area (Å²) < 4.78 is 23.3. The molecule has 0 saturated carbocycles. The Morgan fingerprint density at radius 1 is 0.857 bits per heavy atom. The number of hydrogen-bond acceptors (Lipinski definition) is 10. The number of aliphatic hydroxyl groups is 3. The maximum Gasteiger partial charge on any atom is 0.484 e. The molecule has 0 heterocycles. The highest BCUT2D eigenvalue weighted by molar-refractivity contribution is 7.48. The van der Waals surface area contributed by atoms with Crippen LogP contribution in [0.4, 0.5) is 0 Å². The minimum atomic E-state index is -4.51. The molecule has 0 fully saturated rings. The first kappa shape index (κ1) is 13.9. The van der Waals surface area contributed by atoms with Gasteiger partial charge in [0, 0.05) is 0 Å². The van der Waals surface area contributed by atoms with Gasteiger partial charge >= 0.3 is 7.82 Å². The van der Waals surface area contributed by atoms with Crippen LogP contribution >= 0.6 is 7.82 Å². The molecule has 10 nitrogen and oxygen atoms in total. The Bertz CT molecular complexity index is 175. The topological polar surface area (TPSA) is 184 Å². The summed E-state index contributed by atoms with van der Waals surface area (Å²) in [6.07, 6.45) is -6.05. The molecule has 0 aliphatic carbocycles. The average molecular weight is 233 g/mol. The number of aliphatic hydroxyl groups excluding tert-OH is 3. The molecule has 0 aliphatic rings. The second kappa shape index (κ2) is 5.68. The van der Waals surface area contributed by atoms with Crippen LogP contribution in [0.5, 0.6) is 0 Å². The zero-order chi connectivity index (χ0) is 11.4. The molecular weight excluding hydrogens is 221 g/mol. The molecule has 0 amide bonds. The van der Waals surface area contributed by atoms with Gasteiger partial charge in [-0.15, -0.1) is 0 Å². The summed E-state index contributed by atoms with van der Waals surface area (Å²) in [6, 6.07) is 0. The Hall–Kier alpha value is -0.130. The van der Waals surface area contributed by atoms with E-state index in [9.17, 15) is 4.57 Å². The normalized spacial score (nSPS) is 22.4. The molecule has 9 N–H and O–H groups in total. The molecule has 3 atom stereocenters. The van der Waals surface area contributed by atoms with Crippen molar-refractivity contribution in [3.63, 3.8) is 0 Å². The Morgan fingerprint density at radius 2 is 1.07 bits per heavy atom. The van der Waals surface area contributed by atoms with Gasteiger partial charge in [0.05, 0.1) is 0 Å². The van der Waals surface area contributed by atoms with E-state index in [1.54, 1.807) is 0 Å². The van der Waals surface area contributed by atoms with E-state index in [1.165, 1.54) is 0 Å². The van der Waals surface area contributed by atoms with Crippen molar-refractivity contribution in [2.75, 3.05) is 0 Å². The lowest BCUT2D eigenvalue weighted by atomic mass is 11.2. The van der Waals surface area contributed by atoms with E-state index in [2.05, 4.69) is 30.8 Å². The molecule has 0 aromatic heterocycles. The second-order valence-electron chi connectivity index (χ2n) is 1.94. The molecule has 0 spiro atoms. The van der Waals surface area contributed by atoms with Crippen LogP contribution in [0, 0.1) is 0 Å². The van der Waals surface area contributed by atoms with Crippen molar-refractivity contribution in [3.8, 4) is 0 Å². The third-order valence-corrected chi connectivity index (χ3v) is 2.13. The Balaban J connectivity index is 4.41. The molecule has 11 heteroatoms.